The van der Waals surface area contributed by atoms with Crippen molar-refractivity contribution in [2.75, 3.05) is 185 Å². The second-order valence-electron chi connectivity index (χ2n) is 27.4. The van der Waals surface area contributed by atoms with Crippen molar-refractivity contribution >= 4 is 95.1 Å². The minimum atomic E-state index is -1.50. The first-order chi connectivity index (χ1) is 58.5. The summed E-state index contributed by atoms with van der Waals surface area (Å²) in [6, 6.07) is -3.53. The van der Waals surface area contributed by atoms with E-state index in [1.165, 1.54) is 20.8 Å². The Kier molecular flexibility index (Phi) is 53.8. The van der Waals surface area contributed by atoms with Crippen LogP contribution in [0.15, 0.2) is 0 Å². The molecule has 3 aliphatic rings. The van der Waals surface area contributed by atoms with Gasteiger partial charge in [0.2, 0.25) is 41.4 Å². The van der Waals surface area contributed by atoms with Crippen LogP contribution >= 0.6 is 0 Å². The third-order valence-electron chi connectivity index (χ3n) is 16.7. The van der Waals surface area contributed by atoms with Crippen molar-refractivity contribution in [2.24, 2.45) is 5.73 Å². The maximum absolute atomic E-state index is 13.0. The van der Waals surface area contributed by atoms with Crippen LogP contribution in [0.3, 0.4) is 0 Å². The first-order valence-corrected chi connectivity index (χ1v) is 39.6. The summed E-state index contributed by atoms with van der Waals surface area (Å²) < 4.78 is 135. The van der Waals surface area contributed by atoms with Gasteiger partial charge in [0, 0.05) is 122 Å². The van der Waals surface area contributed by atoms with E-state index in [1.807, 2.05) is 0 Å². The highest BCUT2D eigenvalue weighted by Crippen LogP contribution is 2.32. The molecule has 0 spiro atoms. The summed E-state index contributed by atoms with van der Waals surface area (Å²) in [5.41, 5.74) is 4.24. The highest BCUT2D eigenvalue weighted by atomic mass is 16.7. The van der Waals surface area contributed by atoms with E-state index in [0.29, 0.717) is 0 Å². The number of carbonyl (C=O) groups excluding carboxylic acids is 16. The number of nitrogens with one attached hydrogen (secondary N) is 7. The van der Waals surface area contributed by atoms with Gasteiger partial charge >= 0.3 is 53.7 Å². The molecule has 0 unspecified atom stereocenters. The van der Waals surface area contributed by atoms with Gasteiger partial charge in [0.05, 0.1) is 145 Å². The zero-order valence-corrected chi connectivity index (χ0v) is 71.5. The Labute approximate surface area is 710 Å². The van der Waals surface area contributed by atoms with Crippen LogP contribution in [0.4, 0.5) is 0 Å². The Bertz CT molecular complexity index is 2990. The lowest BCUT2D eigenvalue weighted by molar-refractivity contribution is -0.279. The van der Waals surface area contributed by atoms with Gasteiger partial charge in [-0.25, -0.2) is 0 Å². The smallest absolute Gasteiger partial charge is 0.303 e. The molecule has 3 rings (SSSR count). The van der Waals surface area contributed by atoms with Gasteiger partial charge in [-0.2, -0.15) is 0 Å². The first kappa shape index (κ1) is 108. The lowest BCUT2D eigenvalue weighted by Crippen LogP contribution is -2.66. The molecule has 0 bridgehead atoms. The fourth-order valence-corrected chi connectivity index (χ4v) is 11.9. The van der Waals surface area contributed by atoms with Gasteiger partial charge < -0.3 is 157 Å². The molecule has 702 valence electrons. The standard InChI is InChI=1S/C75H122N8O40/c1-44(84)80-63-69(118-53(10)93)66(115-50(7)90)56(38-112-47(4)87)121-72(63)109-34-31-103-28-25-100-22-16-77-59(96)13-19-106-41-75(83-62(99)37-76,42-107-20-14-60(97)78-17-23-101-26-29-104-32-35-110-73-64(81-45(2)85)70(119-54(11)94)67(116-51(8)91)57(122-73)39-113-48(5)88)43-108-21-15-61(98)79-18-24-102-27-30-105-33-36-111-74-65(82-46(3)86)71(120-55(12)95)68(117-52(9)92)58(123-74)40-114-49(6)89/h56-58,63-74H,13-43,76H2,1-12H3,(H,77,96)(H,78,97)(H,79,98)(H,80,84)(H,81,85)(H,82,86)(H,83,99)/t56-,57-,58-,63-,64-,65-,66+,67+,68+,69-,70-,71-,72-,73-,74-/m1/s1. The van der Waals surface area contributed by atoms with E-state index in [9.17, 15) is 76.7 Å². The number of nitrogens with two attached hydrogens (primary N) is 1. The molecule has 123 heavy (non-hydrogen) atoms. The molecule has 48 heteroatoms. The number of amides is 7. The second-order valence-corrected chi connectivity index (χ2v) is 27.4. The Morgan fingerprint density at radius 1 is 0.285 bits per heavy atom. The number of hydrogen-bond donors (Lipinski definition) is 8. The summed E-state index contributed by atoms with van der Waals surface area (Å²) in [6.07, 6.45) is -15.7. The van der Waals surface area contributed by atoms with E-state index in [4.69, 9.17) is 119 Å². The number of rotatable bonds is 62. The fraction of sp³-hybridized carbons (Fsp3) is 0.787. The lowest BCUT2D eigenvalue weighted by atomic mass is 9.96. The summed E-state index contributed by atoms with van der Waals surface area (Å²) in [7, 11) is 0. The molecule has 48 nitrogen and oxygen atoms in total. The van der Waals surface area contributed by atoms with Gasteiger partial charge in [0.25, 0.3) is 0 Å². The fourth-order valence-electron chi connectivity index (χ4n) is 11.9. The molecular weight excluding hydrogens is 1650 g/mol. The summed E-state index contributed by atoms with van der Waals surface area (Å²) in [5, 5.41) is 18.7. The van der Waals surface area contributed by atoms with Crippen LogP contribution in [0.5, 0.6) is 0 Å². The van der Waals surface area contributed by atoms with Crippen molar-refractivity contribution in [3.63, 3.8) is 0 Å². The van der Waals surface area contributed by atoms with Gasteiger partial charge in [0.1, 0.15) is 61.8 Å². The predicted molar refractivity (Wildman–Crippen MR) is 410 cm³/mol. The largest absolute Gasteiger partial charge is 0.463 e. The second kappa shape index (κ2) is 61.3. The van der Waals surface area contributed by atoms with Gasteiger partial charge in [-0.15, -0.1) is 0 Å². The highest BCUT2D eigenvalue weighted by Gasteiger charge is 2.54. The molecule has 0 radical (unpaired) electrons. The van der Waals surface area contributed by atoms with E-state index in [0.717, 1.165) is 62.3 Å². The van der Waals surface area contributed by atoms with Gasteiger partial charge in [-0.3, -0.25) is 76.7 Å². The SMILES string of the molecule is CC(=O)N[C@H]1[C@H](OCCOCCOCCNC(=O)CCOCC(COCCC(=O)NCCOCCOCCO[C@@H]2O[C@H](COC(C)=O)[C@H](OC(C)=O)[C@H](OC(C)=O)[C@H]2NC(C)=O)(COCCC(=O)NCCOCCOCCO[C@@H]2O[C@H](COC(C)=O)[C@H](OC(C)=O)[C@H](OC(C)=O)[C@H]2NC(C)=O)NC(=O)CN)O[C@H](COC(C)=O)[C@H](OC(C)=O)[C@@H]1OC(C)=O. The van der Waals surface area contributed by atoms with E-state index in [1.54, 1.807) is 0 Å². The van der Waals surface area contributed by atoms with E-state index < -0.39 is 219 Å². The van der Waals surface area contributed by atoms with Crippen LogP contribution in [0.2, 0.25) is 0 Å². The predicted octanol–water partition coefficient (Wildman–Crippen LogP) is -5.51. The van der Waals surface area contributed by atoms with Crippen LogP contribution < -0.4 is 43.0 Å². The first-order valence-electron chi connectivity index (χ1n) is 39.6. The highest BCUT2D eigenvalue weighted by molar-refractivity contribution is 5.79. The molecule has 3 saturated heterocycles. The molecule has 0 aromatic carbocycles. The van der Waals surface area contributed by atoms with E-state index >= 15 is 0 Å². The minimum Gasteiger partial charge on any atom is -0.463 e. The van der Waals surface area contributed by atoms with Crippen LogP contribution in [-0.2, 0) is 190 Å². The Morgan fingerprint density at radius 3 is 0.748 bits per heavy atom. The average Bonchev–Trinajstić information content (AvgIpc) is 0.796. The lowest BCUT2D eigenvalue weighted by Gasteiger charge is -2.44. The molecule has 3 aliphatic heterocycles. The Balaban J connectivity index is 1.53. The van der Waals surface area contributed by atoms with Crippen molar-refractivity contribution in [3.05, 3.63) is 0 Å². The molecule has 0 saturated carbocycles. The van der Waals surface area contributed by atoms with Crippen molar-refractivity contribution in [3.8, 4) is 0 Å². The van der Waals surface area contributed by atoms with Gasteiger partial charge in [-0.05, 0) is 0 Å². The zero-order chi connectivity index (χ0) is 91.2. The third-order valence-corrected chi connectivity index (χ3v) is 16.7. The molecule has 0 aromatic heterocycles. The maximum atomic E-state index is 13.0. The van der Waals surface area contributed by atoms with Crippen LogP contribution in [0.25, 0.3) is 0 Å². The quantitative estimate of drug-likeness (QED) is 0.0160. The topological polar surface area (TPSA) is 605 Å². The van der Waals surface area contributed by atoms with Crippen LogP contribution in [0.1, 0.15) is 102 Å². The molecule has 7 amide bonds. The summed E-state index contributed by atoms with van der Waals surface area (Å²) in [4.78, 5) is 197. The zero-order valence-electron chi connectivity index (χ0n) is 71.5. The van der Waals surface area contributed by atoms with Gasteiger partial charge in [-0.1, -0.05) is 0 Å². The Morgan fingerprint density at radius 2 is 0.520 bits per heavy atom. The maximum Gasteiger partial charge on any atom is 0.303 e. The normalized spacial score (nSPS) is 22.3. The molecule has 3 fully saturated rings. The van der Waals surface area contributed by atoms with Crippen molar-refractivity contribution in [2.45, 2.75) is 200 Å². The molecule has 0 aliphatic carbocycles. The molecule has 3 heterocycles. The number of hydrogen-bond acceptors (Lipinski definition) is 41. The number of esters is 9. The molecule has 0 aromatic rings. The van der Waals surface area contributed by atoms with Crippen molar-refractivity contribution < 1.29 is 190 Å². The molecule has 9 N–H and O–H groups in total. The van der Waals surface area contributed by atoms with Crippen LogP contribution in [-0.4, -0.2) is 377 Å². The van der Waals surface area contributed by atoms with E-state index in [-0.39, 0.29) is 178 Å². The average molecular weight is 1780 g/mol. The third kappa shape index (κ3) is 47.0. The Hall–Kier alpha value is -9.12. The van der Waals surface area contributed by atoms with Crippen LogP contribution in [0, 0.1) is 0 Å². The van der Waals surface area contributed by atoms with Crippen molar-refractivity contribution in [1.82, 2.24) is 37.2 Å². The summed E-state index contributed by atoms with van der Waals surface area (Å²) in [6.45, 7) is 11.0. The minimum absolute atomic E-state index is 0.0208. The summed E-state index contributed by atoms with van der Waals surface area (Å²) >= 11 is 0. The number of carbonyl (C=O) groups is 16. The number of ether oxygens (including phenoxy) is 24. The van der Waals surface area contributed by atoms with Crippen molar-refractivity contribution in [1.29, 1.82) is 0 Å². The van der Waals surface area contributed by atoms with E-state index in [2.05, 4.69) is 37.2 Å². The molecule has 15 atom stereocenters. The van der Waals surface area contributed by atoms with Gasteiger partial charge in [0.15, 0.2) is 55.5 Å². The monoisotopic (exact) mass is 1770 g/mol. The molecular formula is C75H122N8O40. The summed E-state index contributed by atoms with van der Waals surface area (Å²) in [5.74, 6) is -10.3.